The summed E-state index contributed by atoms with van der Waals surface area (Å²) in [4.78, 5) is 15.0. The highest BCUT2D eigenvalue weighted by atomic mass is 35.5. The van der Waals surface area contributed by atoms with Gasteiger partial charge < -0.3 is 10.2 Å². The SMILES string of the molecule is Cc1c(C(=O)N2CC(c3ccc(F)cc3)CC2C)nnn1C1CCNCC1.Cl. The highest BCUT2D eigenvalue weighted by Gasteiger charge is 2.36. The largest absolute Gasteiger partial charge is 0.334 e. The number of amides is 1. The lowest BCUT2D eigenvalue weighted by Crippen LogP contribution is -2.35. The van der Waals surface area contributed by atoms with E-state index >= 15 is 0 Å². The number of benzene rings is 1. The molecule has 8 heteroatoms. The zero-order chi connectivity index (χ0) is 19.0. The first kappa shape index (κ1) is 20.7. The van der Waals surface area contributed by atoms with Gasteiger partial charge in [-0.2, -0.15) is 0 Å². The van der Waals surface area contributed by atoms with E-state index in [4.69, 9.17) is 0 Å². The van der Waals surface area contributed by atoms with Gasteiger partial charge in [-0.3, -0.25) is 4.79 Å². The fourth-order valence-corrected chi connectivity index (χ4v) is 4.36. The van der Waals surface area contributed by atoms with Crippen LogP contribution in [-0.4, -0.2) is 51.5 Å². The summed E-state index contributed by atoms with van der Waals surface area (Å²) < 4.78 is 15.1. The van der Waals surface area contributed by atoms with E-state index in [9.17, 15) is 9.18 Å². The molecule has 152 valence electrons. The molecule has 2 aliphatic heterocycles. The van der Waals surface area contributed by atoms with E-state index in [2.05, 4.69) is 22.6 Å². The molecule has 2 saturated heterocycles. The van der Waals surface area contributed by atoms with Crippen molar-refractivity contribution < 1.29 is 9.18 Å². The summed E-state index contributed by atoms with van der Waals surface area (Å²) in [6.45, 7) is 6.57. The van der Waals surface area contributed by atoms with Crippen LogP contribution in [-0.2, 0) is 0 Å². The van der Waals surface area contributed by atoms with Crippen LogP contribution in [0.25, 0.3) is 0 Å². The van der Waals surface area contributed by atoms with E-state index in [1.165, 1.54) is 12.1 Å². The summed E-state index contributed by atoms with van der Waals surface area (Å²) in [5.74, 6) is -0.0583. The smallest absolute Gasteiger partial charge is 0.276 e. The average Bonchev–Trinajstić information content (AvgIpc) is 3.25. The number of likely N-dealkylation sites (tertiary alicyclic amines) is 1. The summed E-state index contributed by atoms with van der Waals surface area (Å²) in [6, 6.07) is 7.04. The Kier molecular flexibility index (Phi) is 6.35. The average molecular weight is 408 g/mol. The fourth-order valence-electron chi connectivity index (χ4n) is 4.36. The molecule has 3 heterocycles. The molecule has 1 N–H and O–H groups in total. The minimum absolute atomic E-state index is 0. The first-order chi connectivity index (χ1) is 13.0. The minimum Gasteiger partial charge on any atom is -0.334 e. The Labute approximate surface area is 170 Å². The molecule has 0 saturated carbocycles. The van der Waals surface area contributed by atoms with Gasteiger partial charge in [-0.1, -0.05) is 17.3 Å². The number of aromatic nitrogens is 3. The lowest BCUT2D eigenvalue weighted by molar-refractivity contribution is 0.0739. The summed E-state index contributed by atoms with van der Waals surface area (Å²) >= 11 is 0. The van der Waals surface area contributed by atoms with Gasteiger partial charge in [-0.05, 0) is 63.9 Å². The van der Waals surface area contributed by atoms with Crippen LogP contribution in [0.5, 0.6) is 0 Å². The lowest BCUT2D eigenvalue weighted by Gasteiger charge is -2.24. The Morgan fingerprint density at radius 2 is 1.89 bits per heavy atom. The van der Waals surface area contributed by atoms with E-state index in [0.29, 0.717) is 18.3 Å². The van der Waals surface area contributed by atoms with Crippen molar-refractivity contribution in [3.8, 4) is 0 Å². The number of hydrogen-bond donors (Lipinski definition) is 1. The molecule has 2 aliphatic rings. The monoisotopic (exact) mass is 407 g/mol. The highest BCUT2D eigenvalue weighted by molar-refractivity contribution is 5.93. The molecule has 1 aromatic heterocycles. The van der Waals surface area contributed by atoms with Gasteiger partial charge in [0.2, 0.25) is 0 Å². The van der Waals surface area contributed by atoms with Crippen molar-refractivity contribution >= 4 is 18.3 Å². The molecular formula is C20H27ClFN5O. The molecule has 4 rings (SSSR count). The van der Waals surface area contributed by atoms with Crippen molar-refractivity contribution in [1.82, 2.24) is 25.2 Å². The van der Waals surface area contributed by atoms with Crippen molar-refractivity contribution in [3.05, 3.63) is 47.0 Å². The van der Waals surface area contributed by atoms with Crippen LogP contribution in [0, 0.1) is 12.7 Å². The zero-order valence-corrected chi connectivity index (χ0v) is 17.1. The maximum absolute atomic E-state index is 13.2. The molecule has 1 aromatic carbocycles. The number of carbonyl (C=O) groups is 1. The Morgan fingerprint density at radius 3 is 2.57 bits per heavy atom. The third kappa shape index (κ3) is 3.91. The molecule has 2 aromatic rings. The van der Waals surface area contributed by atoms with E-state index in [-0.39, 0.29) is 36.1 Å². The molecule has 0 spiro atoms. The topological polar surface area (TPSA) is 63.1 Å². The summed E-state index contributed by atoms with van der Waals surface area (Å²) in [7, 11) is 0. The first-order valence-corrected chi connectivity index (χ1v) is 9.73. The fraction of sp³-hybridized carbons (Fsp3) is 0.550. The van der Waals surface area contributed by atoms with Crippen molar-refractivity contribution in [2.24, 2.45) is 0 Å². The van der Waals surface area contributed by atoms with Gasteiger partial charge in [0.05, 0.1) is 11.7 Å². The van der Waals surface area contributed by atoms with E-state index in [0.717, 1.165) is 43.6 Å². The van der Waals surface area contributed by atoms with Crippen molar-refractivity contribution in [3.63, 3.8) is 0 Å². The van der Waals surface area contributed by atoms with Crippen LogP contribution in [0.15, 0.2) is 24.3 Å². The first-order valence-electron chi connectivity index (χ1n) is 9.73. The maximum Gasteiger partial charge on any atom is 0.276 e. The van der Waals surface area contributed by atoms with Gasteiger partial charge in [-0.15, -0.1) is 17.5 Å². The van der Waals surface area contributed by atoms with Gasteiger partial charge in [0.15, 0.2) is 5.69 Å². The molecule has 0 bridgehead atoms. The molecule has 2 unspecified atom stereocenters. The van der Waals surface area contributed by atoms with Gasteiger partial charge in [0.25, 0.3) is 5.91 Å². The van der Waals surface area contributed by atoms with Crippen LogP contribution in [0.1, 0.15) is 59.9 Å². The van der Waals surface area contributed by atoms with Crippen LogP contribution in [0.3, 0.4) is 0 Å². The van der Waals surface area contributed by atoms with Crippen molar-refractivity contribution in [2.45, 2.75) is 51.1 Å². The van der Waals surface area contributed by atoms with Crippen LogP contribution < -0.4 is 5.32 Å². The van der Waals surface area contributed by atoms with E-state index in [1.807, 2.05) is 28.6 Å². The molecule has 6 nitrogen and oxygen atoms in total. The van der Waals surface area contributed by atoms with E-state index < -0.39 is 0 Å². The van der Waals surface area contributed by atoms with Gasteiger partial charge in [-0.25, -0.2) is 9.07 Å². The zero-order valence-electron chi connectivity index (χ0n) is 16.3. The van der Waals surface area contributed by atoms with Gasteiger partial charge in [0, 0.05) is 18.5 Å². The quantitative estimate of drug-likeness (QED) is 0.849. The summed E-state index contributed by atoms with van der Waals surface area (Å²) in [6.07, 6.45) is 2.88. The van der Waals surface area contributed by atoms with Gasteiger partial charge in [0.1, 0.15) is 5.82 Å². The second-order valence-electron chi connectivity index (χ2n) is 7.74. The minimum atomic E-state index is -0.233. The number of nitrogens with one attached hydrogen (secondary N) is 1. The van der Waals surface area contributed by atoms with Crippen molar-refractivity contribution in [1.29, 1.82) is 0 Å². The molecule has 28 heavy (non-hydrogen) atoms. The van der Waals surface area contributed by atoms with Crippen LogP contribution >= 0.6 is 12.4 Å². The lowest BCUT2D eigenvalue weighted by atomic mass is 9.97. The third-order valence-electron chi connectivity index (χ3n) is 5.96. The normalized spacial score (nSPS) is 22.9. The summed E-state index contributed by atoms with van der Waals surface area (Å²) in [5, 5.41) is 11.9. The van der Waals surface area contributed by atoms with Crippen LogP contribution in [0.2, 0.25) is 0 Å². The Bertz CT molecular complexity index is 819. The number of halogens is 2. The van der Waals surface area contributed by atoms with Crippen molar-refractivity contribution in [2.75, 3.05) is 19.6 Å². The molecule has 0 radical (unpaired) electrons. The van der Waals surface area contributed by atoms with E-state index in [1.54, 1.807) is 0 Å². The second-order valence-corrected chi connectivity index (χ2v) is 7.74. The third-order valence-corrected chi connectivity index (χ3v) is 5.96. The Hall–Kier alpha value is -1.99. The standard InChI is InChI=1S/C20H26FN5O.ClH/c1-13-11-16(15-3-5-17(21)6-4-15)12-25(13)20(27)19-14(2)26(24-23-19)18-7-9-22-10-8-18;/h3-6,13,16,18,22H,7-12H2,1-2H3;1H. The number of carbonyl (C=O) groups excluding carboxylic acids is 1. The Morgan fingerprint density at radius 1 is 1.21 bits per heavy atom. The molecule has 1 amide bonds. The number of hydrogen-bond acceptors (Lipinski definition) is 4. The highest BCUT2D eigenvalue weighted by Crippen LogP contribution is 2.33. The molecular weight excluding hydrogens is 381 g/mol. The number of piperidine rings is 1. The van der Waals surface area contributed by atoms with Crippen LogP contribution in [0.4, 0.5) is 4.39 Å². The summed E-state index contributed by atoms with van der Waals surface area (Å²) in [5.41, 5.74) is 2.39. The predicted molar refractivity (Wildman–Crippen MR) is 107 cm³/mol. The molecule has 0 aliphatic carbocycles. The Balaban J connectivity index is 0.00000225. The number of rotatable bonds is 3. The maximum atomic E-state index is 13.2. The molecule has 2 atom stereocenters. The van der Waals surface area contributed by atoms with Gasteiger partial charge >= 0.3 is 0 Å². The molecule has 2 fully saturated rings. The predicted octanol–water partition coefficient (Wildman–Crippen LogP) is 3.09. The second kappa shape index (κ2) is 8.57. The number of nitrogens with zero attached hydrogens (tertiary/aromatic N) is 4.